The molecule has 328 valence electrons. The second-order valence-corrected chi connectivity index (χ2v) is 16.4. The summed E-state index contributed by atoms with van der Waals surface area (Å²) in [6, 6.07) is 0. The maximum absolute atomic E-state index is 12.7. The van der Waals surface area contributed by atoms with Gasteiger partial charge in [-0.15, -0.1) is 0 Å². The highest BCUT2D eigenvalue weighted by atomic mass is 16.6. The summed E-state index contributed by atoms with van der Waals surface area (Å²) in [5.41, 5.74) is 0. The molecule has 0 aromatic rings. The SMILES string of the molecule is CCCCC/C=C\C/C=C\C/C=C\CCCCCCCCC(=O)OCC(COCCCCCCCCCCCC)OC(=O)CCCCCCCCCCCCC. The third-order valence-electron chi connectivity index (χ3n) is 10.7. The van der Waals surface area contributed by atoms with Crippen LogP contribution in [0.15, 0.2) is 36.5 Å². The average molecular weight is 787 g/mol. The van der Waals surface area contributed by atoms with E-state index in [-0.39, 0.29) is 25.2 Å². The van der Waals surface area contributed by atoms with Gasteiger partial charge in [-0.25, -0.2) is 0 Å². The normalized spacial score (nSPS) is 12.4. The van der Waals surface area contributed by atoms with Crippen LogP contribution in [0, 0.1) is 0 Å². The molecule has 0 heterocycles. The van der Waals surface area contributed by atoms with Gasteiger partial charge in [-0.3, -0.25) is 9.59 Å². The van der Waals surface area contributed by atoms with Gasteiger partial charge in [0.25, 0.3) is 0 Å². The van der Waals surface area contributed by atoms with Crippen LogP contribution in [0.5, 0.6) is 0 Å². The molecule has 0 radical (unpaired) electrons. The van der Waals surface area contributed by atoms with Crippen molar-refractivity contribution in [3.63, 3.8) is 0 Å². The van der Waals surface area contributed by atoms with Crippen molar-refractivity contribution in [2.24, 2.45) is 0 Å². The minimum atomic E-state index is -0.533. The summed E-state index contributed by atoms with van der Waals surface area (Å²) in [7, 11) is 0. The van der Waals surface area contributed by atoms with Gasteiger partial charge in [-0.1, -0.05) is 218 Å². The van der Waals surface area contributed by atoms with Gasteiger partial charge >= 0.3 is 11.9 Å². The zero-order valence-electron chi connectivity index (χ0n) is 37.7. The first-order valence-corrected chi connectivity index (χ1v) is 24.5. The number of carbonyl (C=O) groups excluding carboxylic acids is 2. The zero-order valence-corrected chi connectivity index (χ0v) is 37.7. The Bertz CT molecular complexity index is 893. The summed E-state index contributed by atoms with van der Waals surface area (Å²) in [5.74, 6) is -0.401. The summed E-state index contributed by atoms with van der Waals surface area (Å²) < 4.78 is 17.3. The monoisotopic (exact) mass is 787 g/mol. The van der Waals surface area contributed by atoms with Gasteiger partial charge in [-0.2, -0.15) is 0 Å². The van der Waals surface area contributed by atoms with Crippen LogP contribution in [0.2, 0.25) is 0 Å². The number of hydrogen-bond acceptors (Lipinski definition) is 5. The van der Waals surface area contributed by atoms with E-state index in [9.17, 15) is 9.59 Å². The number of ether oxygens (including phenoxy) is 3. The van der Waals surface area contributed by atoms with E-state index in [2.05, 4.69) is 57.2 Å². The van der Waals surface area contributed by atoms with E-state index in [0.717, 1.165) is 57.8 Å². The molecule has 0 rings (SSSR count). The number of rotatable bonds is 45. The van der Waals surface area contributed by atoms with E-state index in [4.69, 9.17) is 14.2 Å². The Morgan fingerprint density at radius 1 is 0.393 bits per heavy atom. The topological polar surface area (TPSA) is 61.8 Å². The quantitative estimate of drug-likeness (QED) is 0.0349. The van der Waals surface area contributed by atoms with Crippen LogP contribution < -0.4 is 0 Å². The summed E-state index contributed by atoms with van der Waals surface area (Å²) in [5, 5.41) is 0. The molecule has 0 fully saturated rings. The Labute approximate surface area is 349 Å². The van der Waals surface area contributed by atoms with Crippen molar-refractivity contribution in [1.82, 2.24) is 0 Å². The molecule has 56 heavy (non-hydrogen) atoms. The van der Waals surface area contributed by atoms with Crippen LogP contribution in [-0.2, 0) is 23.8 Å². The molecule has 1 unspecified atom stereocenters. The van der Waals surface area contributed by atoms with Crippen molar-refractivity contribution in [1.29, 1.82) is 0 Å². The molecule has 0 spiro atoms. The maximum Gasteiger partial charge on any atom is 0.306 e. The molecule has 0 aromatic heterocycles. The minimum absolute atomic E-state index is 0.0837. The van der Waals surface area contributed by atoms with Crippen molar-refractivity contribution >= 4 is 11.9 Å². The van der Waals surface area contributed by atoms with Crippen LogP contribution in [-0.4, -0.2) is 37.9 Å². The van der Waals surface area contributed by atoms with E-state index in [1.807, 2.05) is 0 Å². The van der Waals surface area contributed by atoms with Crippen molar-refractivity contribution in [3.8, 4) is 0 Å². The minimum Gasteiger partial charge on any atom is -0.462 e. The van der Waals surface area contributed by atoms with Crippen molar-refractivity contribution in [2.45, 2.75) is 258 Å². The molecular weight excluding hydrogens is 693 g/mol. The fourth-order valence-electron chi connectivity index (χ4n) is 6.99. The maximum atomic E-state index is 12.7. The molecule has 0 aliphatic rings. The summed E-state index contributed by atoms with van der Waals surface area (Å²) in [4.78, 5) is 25.3. The highest BCUT2D eigenvalue weighted by Gasteiger charge is 2.17. The Morgan fingerprint density at radius 2 is 0.750 bits per heavy atom. The fourth-order valence-corrected chi connectivity index (χ4v) is 6.99. The van der Waals surface area contributed by atoms with E-state index in [1.165, 1.54) is 161 Å². The summed E-state index contributed by atoms with van der Waals surface area (Å²) in [6.07, 6.45) is 55.7. The Hall–Kier alpha value is -1.88. The predicted molar refractivity (Wildman–Crippen MR) is 242 cm³/mol. The van der Waals surface area contributed by atoms with Crippen LogP contribution in [0.4, 0.5) is 0 Å². The first-order valence-electron chi connectivity index (χ1n) is 24.5. The largest absolute Gasteiger partial charge is 0.462 e. The number of unbranched alkanes of at least 4 members (excludes halogenated alkanes) is 28. The van der Waals surface area contributed by atoms with Crippen molar-refractivity contribution in [2.75, 3.05) is 19.8 Å². The van der Waals surface area contributed by atoms with Crippen LogP contribution in [0.3, 0.4) is 0 Å². The van der Waals surface area contributed by atoms with Crippen LogP contribution in [0.1, 0.15) is 252 Å². The molecule has 5 heteroatoms. The lowest BCUT2D eigenvalue weighted by Crippen LogP contribution is -2.30. The third-order valence-corrected chi connectivity index (χ3v) is 10.7. The van der Waals surface area contributed by atoms with Gasteiger partial charge in [0.15, 0.2) is 6.10 Å². The lowest BCUT2D eigenvalue weighted by molar-refractivity contribution is -0.163. The van der Waals surface area contributed by atoms with Gasteiger partial charge in [0.1, 0.15) is 6.61 Å². The first-order chi connectivity index (χ1) is 27.6. The van der Waals surface area contributed by atoms with Crippen LogP contribution in [0.25, 0.3) is 0 Å². The number of esters is 2. The van der Waals surface area contributed by atoms with Crippen LogP contribution >= 0.6 is 0 Å². The highest BCUT2D eigenvalue weighted by Crippen LogP contribution is 2.14. The smallest absolute Gasteiger partial charge is 0.306 e. The number of carbonyl (C=O) groups is 2. The molecule has 0 aromatic carbocycles. The lowest BCUT2D eigenvalue weighted by atomic mass is 10.1. The summed E-state index contributed by atoms with van der Waals surface area (Å²) >= 11 is 0. The Balaban J connectivity index is 4.19. The molecule has 0 saturated heterocycles. The molecule has 0 aliphatic carbocycles. The van der Waals surface area contributed by atoms with Crippen molar-refractivity contribution < 1.29 is 23.8 Å². The molecule has 0 aliphatic heterocycles. The molecule has 5 nitrogen and oxygen atoms in total. The molecule has 0 amide bonds. The standard InChI is InChI=1S/C51H94O5/c1-4-7-10-13-16-19-22-23-24-25-26-27-28-29-31-32-35-38-41-44-50(52)55-48-49(47-54-46-43-40-37-34-21-18-15-12-9-6-3)56-51(53)45-42-39-36-33-30-20-17-14-11-8-5-2/h16,19,23-24,26-27,49H,4-15,17-18,20-22,25,28-48H2,1-3H3/b19-16-,24-23-,27-26-. The second-order valence-electron chi connectivity index (χ2n) is 16.4. The fraction of sp³-hybridized carbons (Fsp3) is 0.843. The molecular formula is C51H94O5. The van der Waals surface area contributed by atoms with Crippen molar-refractivity contribution in [3.05, 3.63) is 36.5 Å². The van der Waals surface area contributed by atoms with Gasteiger partial charge in [0, 0.05) is 19.4 Å². The van der Waals surface area contributed by atoms with E-state index >= 15 is 0 Å². The second kappa shape index (κ2) is 47.5. The van der Waals surface area contributed by atoms with Gasteiger partial charge in [0.2, 0.25) is 0 Å². The van der Waals surface area contributed by atoms with E-state index in [0.29, 0.717) is 19.4 Å². The summed E-state index contributed by atoms with van der Waals surface area (Å²) in [6.45, 7) is 7.81. The third kappa shape index (κ3) is 44.8. The predicted octanol–water partition coefficient (Wildman–Crippen LogP) is 16.2. The van der Waals surface area contributed by atoms with E-state index in [1.54, 1.807) is 0 Å². The Kier molecular flexibility index (Phi) is 45.9. The van der Waals surface area contributed by atoms with Gasteiger partial charge in [-0.05, 0) is 57.8 Å². The molecule has 1 atom stereocenters. The van der Waals surface area contributed by atoms with Gasteiger partial charge < -0.3 is 14.2 Å². The van der Waals surface area contributed by atoms with Gasteiger partial charge in [0.05, 0.1) is 6.61 Å². The first kappa shape index (κ1) is 54.1. The molecule has 0 saturated carbocycles. The lowest BCUT2D eigenvalue weighted by Gasteiger charge is -2.18. The number of hydrogen-bond donors (Lipinski definition) is 0. The number of allylic oxidation sites excluding steroid dienone is 6. The average Bonchev–Trinajstić information content (AvgIpc) is 3.20. The highest BCUT2D eigenvalue weighted by molar-refractivity contribution is 5.70. The zero-order chi connectivity index (χ0) is 40.7. The van der Waals surface area contributed by atoms with E-state index < -0.39 is 6.10 Å². The molecule has 0 bridgehead atoms. The molecule has 0 N–H and O–H groups in total. The Morgan fingerprint density at radius 3 is 1.23 bits per heavy atom.